The quantitative estimate of drug-likeness (QED) is 0.718. The maximum absolute atomic E-state index is 10.8. The molecule has 4 heteroatoms. The summed E-state index contributed by atoms with van der Waals surface area (Å²) in [7, 11) is 0. The molecule has 0 spiro atoms. The highest BCUT2D eigenvalue weighted by molar-refractivity contribution is 5.81. The molecule has 0 atom stereocenters. The number of hydrogen-bond acceptors (Lipinski definition) is 3. The van der Waals surface area contributed by atoms with Crippen LogP contribution >= 0.6 is 0 Å². The summed E-state index contributed by atoms with van der Waals surface area (Å²) in [5.74, 6) is 1.33. The fraction of sp³-hybridized carbons (Fsp3) is 0.273. The van der Waals surface area contributed by atoms with Gasteiger partial charge in [0.25, 0.3) is 0 Å². The van der Waals surface area contributed by atoms with Crippen LogP contribution in [0.15, 0.2) is 10.6 Å². The predicted molar refractivity (Wildman–Crippen MR) is 53.8 cm³/mol. The van der Waals surface area contributed by atoms with Crippen LogP contribution in [0.25, 0.3) is 11.3 Å². The number of rotatable bonds is 1. The number of aromatic nitrogens is 2. The summed E-state index contributed by atoms with van der Waals surface area (Å²) >= 11 is 0. The van der Waals surface area contributed by atoms with E-state index in [1.165, 1.54) is 5.56 Å². The SMILES string of the molecule is Cc1c(C=O)oc2c1-c1[nH]ncc1CC2. The highest BCUT2D eigenvalue weighted by atomic mass is 16.3. The third-order valence-electron chi connectivity index (χ3n) is 2.95. The fourth-order valence-corrected chi connectivity index (χ4v) is 2.17. The zero-order valence-corrected chi connectivity index (χ0v) is 8.33. The molecule has 0 aliphatic heterocycles. The van der Waals surface area contributed by atoms with Crippen molar-refractivity contribution in [3.63, 3.8) is 0 Å². The number of H-pyrrole nitrogens is 1. The van der Waals surface area contributed by atoms with Gasteiger partial charge in [0.15, 0.2) is 12.0 Å². The third-order valence-corrected chi connectivity index (χ3v) is 2.95. The van der Waals surface area contributed by atoms with Gasteiger partial charge in [0.2, 0.25) is 0 Å². The number of aromatic amines is 1. The summed E-state index contributed by atoms with van der Waals surface area (Å²) in [6.07, 6.45) is 4.37. The van der Waals surface area contributed by atoms with Gasteiger partial charge in [-0.05, 0) is 18.9 Å². The number of aldehydes is 1. The minimum atomic E-state index is 0.433. The van der Waals surface area contributed by atoms with Gasteiger partial charge < -0.3 is 4.42 Å². The van der Waals surface area contributed by atoms with E-state index in [0.717, 1.165) is 41.7 Å². The van der Waals surface area contributed by atoms with Gasteiger partial charge in [-0.15, -0.1) is 0 Å². The smallest absolute Gasteiger partial charge is 0.185 e. The molecule has 76 valence electrons. The van der Waals surface area contributed by atoms with E-state index in [1.54, 1.807) is 0 Å². The van der Waals surface area contributed by atoms with E-state index >= 15 is 0 Å². The number of hydrogen-bond donors (Lipinski definition) is 1. The Morgan fingerprint density at radius 3 is 3.20 bits per heavy atom. The molecular weight excluding hydrogens is 192 g/mol. The maximum atomic E-state index is 10.8. The van der Waals surface area contributed by atoms with Crippen molar-refractivity contribution in [1.29, 1.82) is 0 Å². The zero-order chi connectivity index (χ0) is 10.4. The van der Waals surface area contributed by atoms with Gasteiger partial charge in [-0.3, -0.25) is 9.89 Å². The Balaban J connectivity index is 2.31. The number of nitrogens with zero attached hydrogens (tertiary/aromatic N) is 1. The second kappa shape index (κ2) is 2.82. The number of nitrogens with one attached hydrogen (secondary N) is 1. The third kappa shape index (κ3) is 1.02. The monoisotopic (exact) mass is 202 g/mol. The lowest BCUT2D eigenvalue weighted by Crippen LogP contribution is -2.00. The average molecular weight is 202 g/mol. The second-order valence-corrected chi connectivity index (χ2v) is 3.78. The van der Waals surface area contributed by atoms with Gasteiger partial charge in [0.05, 0.1) is 11.9 Å². The van der Waals surface area contributed by atoms with Gasteiger partial charge in [0, 0.05) is 17.5 Å². The molecule has 2 aromatic rings. The van der Waals surface area contributed by atoms with Crippen LogP contribution in [0.3, 0.4) is 0 Å². The normalized spacial score (nSPS) is 13.4. The minimum absolute atomic E-state index is 0.433. The fourth-order valence-electron chi connectivity index (χ4n) is 2.17. The number of aryl methyl sites for hydroxylation is 2. The molecule has 0 radical (unpaired) electrons. The van der Waals surface area contributed by atoms with E-state index in [2.05, 4.69) is 10.2 Å². The largest absolute Gasteiger partial charge is 0.457 e. The molecule has 0 saturated heterocycles. The molecule has 1 N–H and O–H groups in total. The van der Waals surface area contributed by atoms with Gasteiger partial charge in [-0.2, -0.15) is 5.10 Å². The highest BCUT2D eigenvalue weighted by Gasteiger charge is 2.25. The van der Waals surface area contributed by atoms with Crippen molar-refractivity contribution in [2.75, 3.05) is 0 Å². The first-order chi connectivity index (χ1) is 7.31. The van der Waals surface area contributed by atoms with Crippen molar-refractivity contribution in [2.45, 2.75) is 19.8 Å². The summed E-state index contributed by atoms with van der Waals surface area (Å²) in [4.78, 5) is 10.8. The van der Waals surface area contributed by atoms with Gasteiger partial charge >= 0.3 is 0 Å². The van der Waals surface area contributed by atoms with Gasteiger partial charge in [0.1, 0.15) is 5.76 Å². The van der Waals surface area contributed by atoms with E-state index in [-0.39, 0.29) is 0 Å². The molecule has 0 amide bonds. The molecule has 1 aliphatic rings. The molecule has 0 fully saturated rings. The average Bonchev–Trinajstić information content (AvgIpc) is 2.81. The van der Waals surface area contributed by atoms with E-state index in [4.69, 9.17) is 4.42 Å². The first-order valence-electron chi connectivity index (χ1n) is 4.91. The van der Waals surface area contributed by atoms with Crippen molar-refractivity contribution in [3.8, 4) is 11.3 Å². The summed E-state index contributed by atoms with van der Waals surface area (Å²) in [6, 6.07) is 0. The number of fused-ring (bicyclic) bond motifs is 3. The van der Waals surface area contributed by atoms with E-state index in [9.17, 15) is 4.79 Å². The molecule has 0 bridgehead atoms. The molecule has 4 nitrogen and oxygen atoms in total. The van der Waals surface area contributed by atoms with Crippen molar-refractivity contribution >= 4 is 6.29 Å². The Hall–Kier alpha value is -1.84. The van der Waals surface area contributed by atoms with Crippen LogP contribution in [0.4, 0.5) is 0 Å². The van der Waals surface area contributed by atoms with Crippen LogP contribution in [0.5, 0.6) is 0 Å². The predicted octanol–water partition coefficient (Wildman–Crippen LogP) is 1.89. The Morgan fingerprint density at radius 1 is 1.53 bits per heavy atom. The lowest BCUT2D eigenvalue weighted by molar-refractivity contribution is 0.109. The highest BCUT2D eigenvalue weighted by Crippen LogP contribution is 2.36. The van der Waals surface area contributed by atoms with Crippen LogP contribution in [-0.2, 0) is 12.8 Å². The molecule has 0 aromatic carbocycles. The van der Waals surface area contributed by atoms with Gasteiger partial charge in [-0.25, -0.2) is 0 Å². The molecule has 2 aromatic heterocycles. The Bertz CT molecular complexity index is 537. The summed E-state index contributed by atoms with van der Waals surface area (Å²) in [5.41, 5.74) is 4.13. The lowest BCUT2D eigenvalue weighted by Gasteiger charge is -2.09. The first kappa shape index (κ1) is 8.47. The lowest BCUT2D eigenvalue weighted by atomic mass is 9.94. The Labute approximate surface area is 86.3 Å². The molecule has 1 aliphatic carbocycles. The van der Waals surface area contributed by atoms with Crippen molar-refractivity contribution in [2.24, 2.45) is 0 Å². The Morgan fingerprint density at radius 2 is 2.40 bits per heavy atom. The zero-order valence-electron chi connectivity index (χ0n) is 8.33. The van der Waals surface area contributed by atoms with Crippen LogP contribution in [0.2, 0.25) is 0 Å². The Kier molecular flexibility index (Phi) is 1.59. The van der Waals surface area contributed by atoms with E-state index in [1.807, 2.05) is 13.1 Å². The molecular formula is C11H10N2O2. The van der Waals surface area contributed by atoms with Crippen molar-refractivity contribution in [1.82, 2.24) is 10.2 Å². The van der Waals surface area contributed by atoms with Crippen LogP contribution in [0, 0.1) is 6.92 Å². The summed E-state index contributed by atoms with van der Waals surface area (Å²) in [6.45, 7) is 1.90. The number of carbonyl (C=O) groups excluding carboxylic acids is 1. The summed E-state index contributed by atoms with van der Waals surface area (Å²) < 4.78 is 5.50. The topological polar surface area (TPSA) is 58.9 Å². The minimum Gasteiger partial charge on any atom is -0.457 e. The van der Waals surface area contributed by atoms with E-state index < -0.39 is 0 Å². The number of carbonyl (C=O) groups is 1. The first-order valence-corrected chi connectivity index (χ1v) is 4.91. The molecule has 0 saturated carbocycles. The maximum Gasteiger partial charge on any atom is 0.185 e. The molecule has 2 heterocycles. The van der Waals surface area contributed by atoms with Gasteiger partial charge in [-0.1, -0.05) is 0 Å². The molecule has 0 unspecified atom stereocenters. The van der Waals surface area contributed by atoms with Crippen LogP contribution in [-0.4, -0.2) is 16.5 Å². The second-order valence-electron chi connectivity index (χ2n) is 3.78. The number of furan rings is 1. The van der Waals surface area contributed by atoms with Crippen LogP contribution in [0.1, 0.15) is 27.4 Å². The van der Waals surface area contributed by atoms with Crippen molar-refractivity contribution < 1.29 is 9.21 Å². The van der Waals surface area contributed by atoms with E-state index in [0.29, 0.717) is 5.76 Å². The standard InChI is InChI=1S/C11H10N2O2/c1-6-9(5-14)15-8-3-2-7-4-12-13-11(7)10(6)8/h4-5H,2-3H2,1H3,(H,12,13). The molecule has 3 rings (SSSR count). The van der Waals surface area contributed by atoms with Crippen LogP contribution < -0.4 is 0 Å². The van der Waals surface area contributed by atoms with Crippen molar-refractivity contribution in [3.05, 3.63) is 28.8 Å². The molecule has 15 heavy (non-hydrogen) atoms. The summed E-state index contributed by atoms with van der Waals surface area (Å²) in [5, 5.41) is 6.99.